The molecule has 0 aliphatic heterocycles. The minimum Gasteiger partial charge on any atom is -0.481 e. The zero-order chi connectivity index (χ0) is 16.4. The molecule has 0 radical (unpaired) electrons. The molecule has 0 amide bonds. The van der Waals surface area contributed by atoms with Crippen LogP contribution in [0.3, 0.4) is 0 Å². The van der Waals surface area contributed by atoms with Gasteiger partial charge in [-0.15, -0.1) is 0 Å². The van der Waals surface area contributed by atoms with Gasteiger partial charge in [-0.25, -0.2) is 17.5 Å². The quantitative estimate of drug-likeness (QED) is 0.842. The van der Waals surface area contributed by atoms with Crippen molar-refractivity contribution < 1.29 is 22.7 Å². The summed E-state index contributed by atoms with van der Waals surface area (Å²) in [6.45, 7) is 6.49. The highest BCUT2D eigenvalue weighted by Crippen LogP contribution is 2.22. The third-order valence-corrected chi connectivity index (χ3v) is 4.99. The second-order valence-electron chi connectivity index (χ2n) is 5.44. The van der Waals surface area contributed by atoms with Crippen molar-refractivity contribution >= 4 is 16.0 Å². The predicted octanol–water partition coefficient (Wildman–Crippen LogP) is 2.22. The van der Waals surface area contributed by atoms with Crippen molar-refractivity contribution in [3.8, 4) is 0 Å². The largest absolute Gasteiger partial charge is 0.481 e. The van der Waals surface area contributed by atoms with Gasteiger partial charge < -0.3 is 5.11 Å². The van der Waals surface area contributed by atoms with Crippen LogP contribution in [0.5, 0.6) is 0 Å². The number of carboxylic acids is 1. The Morgan fingerprint density at radius 2 is 1.76 bits per heavy atom. The SMILES string of the molecule is Cc1cc(F)cc(C)c1S(=O)(=O)NC(CC(=O)O)C(C)C. The smallest absolute Gasteiger partial charge is 0.304 e. The van der Waals surface area contributed by atoms with Crippen LogP contribution in [0.25, 0.3) is 0 Å². The summed E-state index contributed by atoms with van der Waals surface area (Å²) >= 11 is 0. The summed E-state index contributed by atoms with van der Waals surface area (Å²) in [4.78, 5) is 10.8. The number of benzene rings is 1. The highest BCUT2D eigenvalue weighted by molar-refractivity contribution is 7.89. The van der Waals surface area contributed by atoms with Crippen molar-refractivity contribution in [2.24, 2.45) is 5.92 Å². The van der Waals surface area contributed by atoms with E-state index >= 15 is 0 Å². The second kappa shape index (κ2) is 6.53. The van der Waals surface area contributed by atoms with Gasteiger partial charge in [0.05, 0.1) is 11.3 Å². The number of carbonyl (C=O) groups is 1. The molecule has 2 N–H and O–H groups in total. The molecule has 0 heterocycles. The molecule has 118 valence electrons. The van der Waals surface area contributed by atoms with Crippen LogP contribution in [-0.4, -0.2) is 25.5 Å². The van der Waals surface area contributed by atoms with Gasteiger partial charge in [0.1, 0.15) is 5.82 Å². The Kier molecular flexibility index (Phi) is 5.47. The molecule has 0 saturated heterocycles. The number of aryl methyl sites for hydroxylation is 2. The summed E-state index contributed by atoms with van der Waals surface area (Å²) in [7, 11) is -3.91. The summed E-state index contributed by atoms with van der Waals surface area (Å²) in [5.74, 6) is -1.77. The molecule has 0 aliphatic rings. The molecule has 0 aromatic heterocycles. The van der Waals surface area contributed by atoms with E-state index in [0.29, 0.717) is 0 Å². The molecule has 0 bridgehead atoms. The van der Waals surface area contributed by atoms with Crippen molar-refractivity contribution in [3.63, 3.8) is 0 Å². The lowest BCUT2D eigenvalue weighted by Gasteiger charge is -2.22. The van der Waals surface area contributed by atoms with E-state index in [1.54, 1.807) is 13.8 Å². The first kappa shape index (κ1) is 17.6. The molecule has 0 fully saturated rings. The lowest BCUT2D eigenvalue weighted by molar-refractivity contribution is -0.137. The van der Waals surface area contributed by atoms with Crippen LogP contribution in [0.15, 0.2) is 17.0 Å². The Morgan fingerprint density at radius 1 is 1.29 bits per heavy atom. The normalized spacial score (nSPS) is 13.4. The molecule has 1 rings (SSSR count). The third kappa shape index (κ3) is 4.50. The maximum atomic E-state index is 13.3. The average Bonchev–Trinajstić information content (AvgIpc) is 2.24. The van der Waals surface area contributed by atoms with Gasteiger partial charge in [0, 0.05) is 6.04 Å². The second-order valence-corrected chi connectivity index (χ2v) is 7.09. The fourth-order valence-electron chi connectivity index (χ4n) is 2.18. The summed E-state index contributed by atoms with van der Waals surface area (Å²) in [6, 6.07) is 1.56. The number of aliphatic carboxylic acids is 1. The fourth-order valence-corrected chi connectivity index (χ4v) is 4.02. The third-order valence-electron chi connectivity index (χ3n) is 3.20. The van der Waals surface area contributed by atoms with E-state index in [2.05, 4.69) is 4.72 Å². The van der Waals surface area contributed by atoms with E-state index in [1.165, 1.54) is 13.8 Å². The first-order valence-corrected chi connectivity index (χ1v) is 8.03. The maximum absolute atomic E-state index is 13.3. The molecule has 0 aliphatic carbocycles. The van der Waals surface area contributed by atoms with Crippen molar-refractivity contribution in [2.75, 3.05) is 0 Å². The predicted molar refractivity (Wildman–Crippen MR) is 77.1 cm³/mol. The number of sulfonamides is 1. The van der Waals surface area contributed by atoms with Crippen LogP contribution in [0.2, 0.25) is 0 Å². The van der Waals surface area contributed by atoms with Gasteiger partial charge in [0.25, 0.3) is 0 Å². The monoisotopic (exact) mass is 317 g/mol. The van der Waals surface area contributed by atoms with E-state index < -0.39 is 27.9 Å². The van der Waals surface area contributed by atoms with E-state index in [-0.39, 0.29) is 28.4 Å². The number of hydrogen-bond donors (Lipinski definition) is 2. The summed E-state index contributed by atoms with van der Waals surface area (Å²) in [6.07, 6.45) is -0.309. The molecule has 5 nitrogen and oxygen atoms in total. The van der Waals surface area contributed by atoms with E-state index in [0.717, 1.165) is 12.1 Å². The number of nitrogens with one attached hydrogen (secondary N) is 1. The van der Waals surface area contributed by atoms with E-state index in [1.807, 2.05) is 0 Å². The molecule has 1 atom stereocenters. The number of halogens is 1. The van der Waals surface area contributed by atoms with E-state index in [9.17, 15) is 17.6 Å². The number of rotatable bonds is 6. The van der Waals surface area contributed by atoms with Crippen LogP contribution >= 0.6 is 0 Å². The lowest BCUT2D eigenvalue weighted by Crippen LogP contribution is -2.40. The maximum Gasteiger partial charge on any atom is 0.304 e. The first-order valence-electron chi connectivity index (χ1n) is 6.55. The molecule has 0 saturated carbocycles. The fraction of sp³-hybridized carbons (Fsp3) is 0.500. The van der Waals surface area contributed by atoms with Crippen molar-refractivity contribution in [3.05, 3.63) is 29.1 Å². The van der Waals surface area contributed by atoms with Gasteiger partial charge in [0.2, 0.25) is 10.0 Å². The van der Waals surface area contributed by atoms with Gasteiger partial charge >= 0.3 is 5.97 Å². The van der Waals surface area contributed by atoms with Crippen LogP contribution in [-0.2, 0) is 14.8 Å². The molecule has 1 aromatic carbocycles. The van der Waals surface area contributed by atoms with Crippen molar-refractivity contribution in [1.82, 2.24) is 4.72 Å². The zero-order valence-corrected chi connectivity index (χ0v) is 13.3. The Hall–Kier alpha value is -1.47. The average molecular weight is 317 g/mol. The highest BCUT2D eigenvalue weighted by atomic mass is 32.2. The Morgan fingerprint density at radius 3 is 2.14 bits per heavy atom. The zero-order valence-electron chi connectivity index (χ0n) is 12.5. The Balaban J connectivity index is 3.20. The lowest BCUT2D eigenvalue weighted by atomic mass is 10.0. The molecular weight excluding hydrogens is 297 g/mol. The molecule has 1 unspecified atom stereocenters. The first-order chi connectivity index (χ1) is 9.54. The summed E-state index contributed by atoms with van der Waals surface area (Å²) in [5, 5.41) is 8.86. The van der Waals surface area contributed by atoms with Gasteiger partial charge in [-0.05, 0) is 43.0 Å². The van der Waals surface area contributed by atoms with Gasteiger partial charge in [-0.1, -0.05) is 13.8 Å². The minimum absolute atomic E-state index is 0.0000567. The summed E-state index contributed by atoms with van der Waals surface area (Å²) in [5.41, 5.74) is 0.579. The Bertz CT molecular complexity index is 617. The molecule has 21 heavy (non-hydrogen) atoms. The Labute approximate surface area is 124 Å². The van der Waals surface area contributed by atoms with Crippen LogP contribution in [0.1, 0.15) is 31.4 Å². The van der Waals surface area contributed by atoms with Crippen LogP contribution in [0, 0.1) is 25.6 Å². The van der Waals surface area contributed by atoms with Gasteiger partial charge in [-0.3, -0.25) is 4.79 Å². The molecular formula is C14H20FNO4S. The van der Waals surface area contributed by atoms with Gasteiger partial charge in [-0.2, -0.15) is 0 Å². The standard InChI is InChI=1S/C14H20FNO4S/c1-8(2)12(7-13(17)18)16-21(19,20)14-9(3)5-11(15)6-10(14)4/h5-6,8,12,16H,7H2,1-4H3,(H,17,18). The highest BCUT2D eigenvalue weighted by Gasteiger charge is 2.27. The van der Waals surface area contributed by atoms with Crippen LogP contribution in [0.4, 0.5) is 4.39 Å². The van der Waals surface area contributed by atoms with Crippen molar-refractivity contribution in [1.29, 1.82) is 0 Å². The van der Waals surface area contributed by atoms with E-state index in [4.69, 9.17) is 5.11 Å². The minimum atomic E-state index is -3.91. The topological polar surface area (TPSA) is 83.5 Å². The van der Waals surface area contributed by atoms with Crippen molar-refractivity contribution in [2.45, 2.75) is 45.1 Å². The molecule has 0 spiro atoms. The summed E-state index contributed by atoms with van der Waals surface area (Å²) < 4.78 is 40.6. The van der Waals surface area contributed by atoms with Gasteiger partial charge in [0.15, 0.2) is 0 Å². The molecule has 7 heteroatoms. The number of hydrogen-bond acceptors (Lipinski definition) is 3. The van der Waals surface area contributed by atoms with Crippen LogP contribution < -0.4 is 4.72 Å². The molecule has 1 aromatic rings. The number of carboxylic acid groups (broad SMARTS) is 1.